The maximum absolute atomic E-state index is 13.0. The average Bonchev–Trinajstić information content (AvgIpc) is 3.35. The lowest BCUT2D eigenvalue weighted by atomic mass is 10.0. The van der Waals surface area contributed by atoms with Gasteiger partial charge in [0.25, 0.3) is 0 Å². The van der Waals surface area contributed by atoms with Crippen molar-refractivity contribution < 1.29 is 28.5 Å². The summed E-state index contributed by atoms with van der Waals surface area (Å²) in [5.74, 6) is 1.39. The molecule has 2 N–H and O–H groups in total. The second-order valence-corrected chi connectivity index (χ2v) is 8.44. The van der Waals surface area contributed by atoms with Crippen molar-refractivity contribution in [1.82, 2.24) is 10.2 Å². The van der Waals surface area contributed by atoms with Gasteiger partial charge in [0.05, 0.1) is 12.6 Å². The molecule has 2 aromatic carbocycles. The van der Waals surface area contributed by atoms with Gasteiger partial charge in [0, 0.05) is 13.0 Å². The van der Waals surface area contributed by atoms with Crippen LogP contribution in [0.25, 0.3) is 0 Å². The van der Waals surface area contributed by atoms with Gasteiger partial charge in [-0.1, -0.05) is 6.07 Å². The summed E-state index contributed by atoms with van der Waals surface area (Å²) < 4.78 is 29.8. The number of nitrogens with one attached hydrogen (secondary N) is 1. The van der Waals surface area contributed by atoms with Crippen molar-refractivity contribution in [3.8, 4) is 17.2 Å². The number of carbonyl (C=O) groups is 1. The lowest BCUT2D eigenvalue weighted by Crippen LogP contribution is -2.46. The minimum Gasteiger partial charge on any atom is -0.494 e. The van der Waals surface area contributed by atoms with E-state index in [0.717, 1.165) is 25.9 Å². The molecule has 1 fully saturated rings. The lowest BCUT2D eigenvalue weighted by Gasteiger charge is -2.29. The molecule has 2 heterocycles. The van der Waals surface area contributed by atoms with Crippen LogP contribution in [0.1, 0.15) is 37.4 Å². The van der Waals surface area contributed by atoms with Crippen LogP contribution in [0, 0.1) is 5.82 Å². The Bertz CT molecular complexity index is 918. The molecule has 1 amide bonds. The van der Waals surface area contributed by atoms with Gasteiger partial charge >= 0.3 is 0 Å². The zero-order valence-electron chi connectivity index (χ0n) is 18.7. The Morgan fingerprint density at radius 2 is 1.82 bits per heavy atom. The summed E-state index contributed by atoms with van der Waals surface area (Å²) in [7, 11) is 0. The lowest BCUT2D eigenvalue weighted by molar-refractivity contribution is -0.123. The highest BCUT2D eigenvalue weighted by Gasteiger charge is 2.27. The molecule has 2 aliphatic heterocycles. The third-order valence-electron chi connectivity index (χ3n) is 5.92. The number of rotatable bonds is 10. The number of hydrogen-bond acceptors (Lipinski definition) is 6. The second kappa shape index (κ2) is 11.3. The van der Waals surface area contributed by atoms with E-state index in [0.29, 0.717) is 55.6 Å². The maximum Gasteiger partial charge on any atom is 0.220 e. The molecule has 7 nitrogen and oxygen atoms in total. The molecular formula is C25H31FN2O5. The van der Waals surface area contributed by atoms with Crippen molar-refractivity contribution in [2.45, 2.75) is 37.8 Å². The Morgan fingerprint density at radius 3 is 2.58 bits per heavy atom. The number of aliphatic hydroxyl groups excluding tert-OH is 1. The Kier molecular flexibility index (Phi) is 8.01. The van der Waals surface area contributed by atoms with Crippen molar-refractivity contribution in [1.29, 1.82) is 0 Å². The van der Waals surface area contributed by atoms with Gasteiger partial charge in [-0.15, -0.1) is 0 Å². The molecule has 2 aromatic rings. The highest BCUT2D eigenvalue weighted by Crippen LogP contribution is 2.33. The Hall–Kier alpha value is -2.84. The zero-order chi connectivity index (χ0) is 23.0. The number of ether oxygens (including phenoxy) is 3. The van der Waals surface area contributed by atoms with Crippen LogP contribution in [0.15, 0.2) is 42.5 Å². The number of likely N-dealkylation sites (tertiary alicyclic amines) is 1. The molecule has 0 aromatic heterocycles. The molecule has 0 spiro atoms. The summed E-state index contributed by atoms with van der Waals surface area (Å²) in [6.07, 6.45) is 2.16. The van der Waals surface area contributed by atoms with E-state index in [1.54, 1.807) is 24.3 Å². The van der Waals surface area contributed by atoms with Crippen LogP contribution in [-0.4, -0.2) is 61.4 Å². The van der Waals surface area contributed by atoms with E-state index in [-0.39, 0.29) is 18.1 Å². The molecule has 2 atom stereocenters. The largest absolute Gasteiger partial charge is 0.494 e. The minimum absolute atomic E-state index is 0.140. The van der Waals surface area contributed by atoms with E-state index in [4.69, 9.17) is 14.2 Å². The van der Waals surface area contributed by atoms with Crippen molar-refractivity contribution >= 4 is 5.91 Å². The topological polar surface area (TPSA) is 80.3 Å². The van der Waals surface area contributed by atoms with Crippen LogP contribution >= 0.6 is 0 Å². The first-order valence-corrected chi connectivity index (χ1v) is 11.6. The monoisotopic (exact) mass is 458 g/mol. The van der Waals surface area contributed by atoms with E-state index in [1.165, 1.54) is 12.1 Å². The molecule has 8 heteroatoms. The summed E-state index contributed by atoms with van der Waals surface area (Å²) in [6.45, 7) is 3.83. The number of carbonyl (C=O) groups excluding carboxylic acids is 1. The normalized spacial score (nSPS) is 17.4. The Morgan fingerprint density at radius 1 is 1.09 bits per heavy atom. The smallest absolute Gasteiger partial charge is 0.220 e. The maximum atomic E-state index is 13.0. The van der Waals surface area contributed by atoms with Gasteiger partial charge in [-0.05, 0) is 74.3 Å². The number of halogens is 1. The Labute approximate surface area is 193 Å². The SMILES string of the molecule is O=C(CCCOc1ccc(F)cc1)NC(CN1CCCC1)C(O)c1ccc2c(c1)OCCO2. The van der Waals surface area contributed by atoms with E-state index in [9.17, 15) is 14.3 Å². The predicted molar refractivity (Wildman–Crippen MR) is 121 cm³/mol. The van der Waals surface area contributed by atoms with Crippen LogP contribution in [0.5, 0.6) is 17.2 Å². The van der Waals surface area contributed by atoms with E-state index >= 15 is 0 Å². The standard InChI is InChI=1S/C25H31FN2O5/c26-19-6-8-20(9-7-19)31-13-3-4-24(29)27-21(17-28-11-1-2-12-28)25(30)18-5-10-22-23(16-18)33-15-14-32-22/h5-10,16,21,25,30H,1-4,11-15,17H2,(H,27,29). The van der Waals surface area contributed by atoms with Gasteiger partial charge in [-0.2, -0.15) is 0 Å². The van der Waals surface area contributed by atoms with E-state index < -0.39 is 12.1 Å². The first kappa shape index (κ1) is 23.3. The molecule has 2 unspecified atom stereocenters. The molecule has 0 radical (unpaired) electrons. The van der Waals surface area contributed by atoms with E-state index in [2.05, 4.69) is 10.2 Å². The van der Waals surface area contributed by atoms with Crippen LogP contribution in [-0.2, 0) is 4.79 Å². The predicted octanol–water partition coefficient (Wildman–Crippen LogP) is 3.07. The summed E-state index contributed by atoms with van der Waals surface area (Å²) in [4.78, 5) is 14.9. The number of nitrogens with zero attached hydrogens (tertiary/aromatic N) is 1. The van der Waals surface area contributed by atoms with Crippen molar-refractivity contribution in [2.24, 2.45) is 0 Å². The first-order valence-electron chi connectivity index (χ1n) is 11.6. The fourth-order valence-electron chi connectivity index (χ4n) is 4.18. The van der Waals surface area contributed by atoms with Gasteiger partial charge in [0.1, 0.15) is 30.9 Å². The Balaban J connectivity index is 1.33. The number of fused-ring (bicyclic) bond motifs is 1. The third-order valence-corrected chi connectivity index (χ3v) is 5.92. The molecule has 4 rings (SSSR count). The number of amides is 1. The number of aliphatic hydroxyl groups is 1. The second-order valence-electron chi connectivity index (χ2n) is 8.44. The van der Waals surface area contributed by atoms with Gasteiger partial charge in [-0.25, -0.2) is 4.39 Å². The zero-order valence-corrected chi connectivity index (χ0v) is 18.7. The van der Waals surface area contributed by atoms with Gasteiger partial charge in [0.15, 0.2) is 11.5 Å². The van der Waals surface area contributed by atoms with Gasteiger partial charge in [-0.3, -0.25) is 4.79 Å². The fourth-order valence-corrected chi connectivity index (χ4v) is 4.18. The molecule has 178 valence electrons. The molecule has 33 heavy (non-hydrogen) atoms. The van der Waals surface area contributed by atoms with Crippen molar-refractivity contribution in [3.05, 3.63) is 53.8 Å². The van der Waals surface area contributed by atoms with E-state index in [1.807, 2.05) is 6.07 Å². The summed E-state index contributed by atoms with van der Waals surface area (Å²) in [5, 5.41) is 14.2. The molecule has 1 saturated heterocycles. The first-order chi connectivity index (χ1) is 16.1. The van der Waals surface area contributed by atoms with Crippen LogP contribution in [0.2, 0.25) is 0 Å². The summed E-state index contributed by atoms with van der Waals surface area (Å²) in [6, 6.07) is 10.8. The van der Waals surface area contributed by atoms with Crippen molar-refractivity contribution in [2.75, 3.05) is 39.5 Å². The molecule has 0 bridgehead atoms. The highest BCUT2D eigenvalue weighted by atomic mass is 19.1. The summed E-state index contributed by atoms with van der Waals surface area (Å²) in [5.41, 5.74) is 0.684. The number of hydrogen-bond donors (Lipinski definition) is 2. The van der Waals surface area contributed by atoms with Gasteiger partial charge in [0.2, 0.25) is 5.91 Å². The van der Waals surface area contributed by atoms with Crippen LogP contribution in [0.4, 0.5) is 4.39 Å². The van der Waals surface area contributed by atoms with Crippen LogP contribution < -0.4 is 19.5 Å². The van der Waals surface area contributed by atoms with Gasteiger partial charge < -0.3 is 29.5 Å². The number of benzene rings is 2. The fraction of sp³-hybridized carbons (Fsp3) is 0.480. The molecule has 2 aliphatic rings. The quantitative estimate of drug-likeness (QED) is 0.533. The minimum atomic E-state index is -0.874. The summed E-state index contributed by atoms with van der Waals surface area (Å²) >= 11 is 0. The highest BCUT2D eigenvalue weighted by molar-refractivity contribution is 5.76. The average molecular weight is 459 g/mol. The molecule has 0 saturated carbocycles. The molecular weight excluding hydrogens is 427 g/mol. The van der Waals surface area contributed by atoms with Crippen molar-refractivity contribution in [3.63, 3.8) is 0 Å². The molecule has 0 aliphatic carbocycles. The third kappa shape index (κ3) is 6.58. The van der Waals surface area contributed by atoms with Crippen LogP contribution in [0.3, 0.4) is 0 Å².